The molecule has 2 aromatic carbocycles. The molecule has 2 aromatic rings. The number of ether oxygens (including phenoxy) is 2. The molecule has 8 heteroatoms. The second kappa shape index (κ2) is 8.96. The third kappa shape index (κ3) is 4.48. The minimum Gasteiger partial charge on any atom is -0.490 e. The van der Waals surface area contributed by atoms with E-state index >= 15 is 0 Å². The summed E-state index contributed by atoms with van der Waals surface area (Å²) in [4.78, 5) is 15.7. The number of anilines is 1. The number of benzene rings is 2. The van der Waals surface area contributed by atoms with E-state index < -0.39 is 5.97 Å². The summed E-state index contributed by atoms with van der Waals surface area (Å²) in [6.07, 6.45) is 1.13. The van der Waals surface area contributed by atoms with Crippen LogP contribution in [0, 0.1) is 5.92 Å². The van der Waals surface area contributed by atoms with Crippen LogP contribution in [0.25, 0.3) is 0 Å². The maximum atomic E-state index is 10.9. The maximum Gasteiger partial charge on any atom is 0.306 e. The zero-order chi connectivity index (χ0) is 21.3. The number of rotatable bonds is 7. The lowest BCUT2D eigenvalue weighted by atomic mass is 9.82. The average Bonchev–Trinajstić information content (AvgIpc) is 2.67. The third-order valence-electron chi connectivity index (χ3n) is 5.40. The Bertz CT molecular complexity index is 991. The standard InChI is InChI=1S/C22H22BrClN2O4/c1-12-16-3-2-4-18(24)20(16)26-21(25-12)17-6-5-14(23)11-19(17)30-8-7-29-15-9-13(10-15)22(27)28/h2-6,11-13,15H,7-10H2,1H3,(H,25,26)(H,27,28). The van der Waals surface area contributed by atoms with Gasteiger partial charge in [-0.05, 0) is 44.0 Å². The van der Waals surface area contributed by atoms with Gasteiger partial charge in [0.15, 0.2) is 0 Å². The third-order valence-corrected chi connectivity index (χ3v) is 6.21. The summed E-state index contributed by atoms with van der Waals surface area (Å²) < 4.78 is 12.6. The van der Waals surface area contributed by atoms with Gasteiger partial charge in [0.1, 0.15) is 18.2 Å². The van der Waals surface area contributed by atoms with Gasteiger partial charge in [-0.2, -0.15) is 0 Å². The van der Waals surface area contributed by atoms with Crippen molar-refractivity contribution in [1.29, 1.82) is 0 Å². The number of carboxylic acids is 1. The van der Waals surface area contributed by atoms with Gasteiger partial charge in [0.05, 0.1) is 40.9 Å². The van der Waals surface area contributed by atoms with Crippen molar-refractivity contribution in [3.05, 3.63) is 57.0 Å². The first kappa shape index (κ1) is 21.2. The van der Waals surface area contributed by atoms with Crippen LogP contribution in [0.5, 0.6) is 5.75 Å². The van der Waals surface area contributed by atoms with Crippen LogP contribution in [0.4, 0.5) is 5.69 Å². The van der Waals surface area contributed by atoms with Gasteiger partial charge in [-0.1, -0.05) is 39.7 Å². The largest absolute Gasteiger partial charge is 0.490 e. The highest BCUT2D eigenvalue weighted by atomic mass is 79.9. The number of para-hydroxylation sites is 1. The molecule has 1 unspecified atom stereocenters. The van der Waals surface area contributed by atoms with E-state index in [1.54, 1.807) is 0 Å². The molecule has 0 bridgehead atoms. The summed E-state index contributed by atoms with van der Waals surface area (Å²) in [6, 6.07) is 11.6. The Hall–Kier alpha value is -2.09. The zero-order valence-electron chi connectivity index (χ0n) is 16.4. The van der Waals surface area contributed by atoms with Crippen LogP contribution in [0.3, 0.4) is 0 Å². The molecule has 1 fully saturated rings. The highest BCUT2D eigenvalue weighted by Gasteiger charge is 2.35. The lowest BCUT2D eigenvalue weighted by molar-refractivity contribution is -0.151. The van der Waals surface area contributed by atoms with E-state index in [1.807, 2.05) is 43.3 Å². The SMILES string of the molecule is CC1N=C(c2ccc(Br)cc2OCCOC2CC(C(=O)O)C2)Nc2c(Cl)cccc21. The molecular weight excluding hydrogens is 472 g/mol. The molecule has 1 aliphatic heterocycles. The Labute approximate surface area is 188 Å². The molecule has 6 nitrogen and oxygen atoms in total. The smallest absolute Gasteiger partial charge is 0.306 e. The minimum absolute atomic E-state index is 0.000518. The topological polar surface area (TPSA) is 80.2 Å². The van der Waals surface area contributed by atoms with E-state index in [4.69, 9.17) is 31.2 Å². The molecule has 0 aromatic heterocycles. The molecule has 0 spiro atoms. The van der Waals surface area contributed by atoms with Crippen molar-refractivity contribution in [1.82, 2.24) is 0 Å². The lowest BCUT2D eigenvalue weighted by Crippen LogP contribution is -2.37. The molecule has 1 saturated carbocycles. The van der Waals surface area contributed by atoms with E-state index in [-0.39, 0.29) is 18.1 Å². The Morgan fingerprint density at radius 3 is 2.87 bits per heavy atom. The van der Waals surface area contributed by atoms with Gasteiger partial charge in [0.25, 0.3) is 0 Å². The summed E-state index contributed by atoms with van der Waals surface area (Å²) in [5.41, 5.74) is 2.76. The predicted molar refractivity (Wildman–Crippen MR) is 120 cm³/mol. The van der Waals surface area contributed by atoms with E-state index in [9.17, 15) is 4.79 Å². The molecule has 2 aliphatic rings. The fourth-order valence-electron chi connectivity index (χ4n) is 3.65. The van der Waals surface area contributed by atoms with Crippen LogP contribution in [-0.4, -0.2) is 36.2 Å². The molecule has 4 rings (SSSR count). The fraction of sp³-hybridized carbons (Fsp3) is 0.364. The molecule has 1 atom stereocenters. The number of hydrogen-bond acceptors (Lipinski definition) is 5. The van der Waals surface area contributed by atoms with Gasteiger partial charge >= 0.3 is 5.97 Å². The van der Waals surface area contributed by atoms with Gasteiger partial charge in [-0.15, -0.1) is 0 Å². The maximum absolute atomic E-state index is 10.9. The number of carbonyl (C=O) groups is 1. The number of aliphatic carboxylic acids is 1. The van der Waals surface area contributed by atoms with E-state index in [1.165, 1.54) is 0 Å². The number of amidine groups is 1. The van der Waals surface area contributed by atoms with E-state index in [2.05, 4.69) is 21.2 Å². The van der Waals surface area contributed by atoms with E-state index in [0.29, 0.717) is 42.7 Å². The Morgan fingerprint density at radius 2 is 2.10 bits per heavy atom. The summed E-state index contributed by atoms with van der Waals surface area (Å²) in [5.74, 6) is 0.356. The Balaban J connectivity index is 1.43. The first-order chi connectivity index (χ1) is 14.4. The first-order valence-electron chi connectivity index (χ1n) is 9.82. The van der Waals surface area contributed by atoms with Crippen molar-refractivity contribution in [2.24, 2.45) is 10.9 Å². The summed E-state index contributed by atoms with van der Waals surface area (Å²) >= 11 is 9.89. The predicted octanol–water partition coefficient (Wildman–Crippen LogP) is 5.29. The van der Waals surface area contributed by atoms with Crippen LogP contribution in [0.1, 0.15) is 36.9 Å². The van der Waals surface area contributed by atoms with Crippen LogP contribution >= 0.6 is 27.5 Å². The first-order valence-corrected chi connectivity index (χ1v) is 11.0. The van der Waals surface area contributed by atoms with Crippen molar-refractivity contribution in [2.75, 3.05) is 18.5 Å². The number of aliphatic imine (C=N–C) groups is 1. The molecular formula is C22H22BrClN2O4. The van der Waals surface area contributed by atoms with Crippen molar-refractivity contribution >= 4 is 45.0 Å². The van der Waals surface area contributed by atoms with Crippen molar-refractivity contribution in [3.8, 4) is 5.75 Å². The number of fused-ring (bicyclic) bond motifs is 1. The van der Waals surface area contributed by atoms with Crippen LogP contribution in [0.2, 0.25) is 5.02 Å². The molecule has 0 saturated heterocycles. The zero-order valence-corrected chi connectivity index (χ0v) is 18.7. The van der Waals surface area contributed by atoms with Gasteiger partial charge in [0, 0.05) is 10.0 Å². The number of nitrogens with zero attached hydrogens (tertiary/aromatic N) is 1. The molecule has 30 heavy (non-hydrogen) atoms. The normalized spacial score (nSPS) is 22.4. The highest BCUT2D eigenvalue weighted by molar-refractivity contribution is 9.10. The van der Waals surface area contributed by atoms with Gasteiger partial charge in [0.2, 0.25) is 0 Å². The molecule has 1 heterocycles. The molecule has 1 aliphatic carbocycles. The lowest BCUT2D eigenvalue weighted by Gasteiger charge is -2.32. The number of nitrogens with one attached hydrogen (secondary N) is 1. The monoisotopic (exact) mass is 492 g/mol. The number of hydrogen-bond donors (Lipinski definition) is 2. The van der Waals surface area contributed by atoms with Gasteiger partial charge in [-0.25, -0.2) is 0 Å². The summed E-state index contributed by atoms with van der Waals surface area (Å²) in [6.45, 7) is 2.79. The van der Waals surface area contributed by atoms with Gasteiger partial charge < -0.3 is 19.9 Å². The number of halogens is 2. The number of carboxylic acid groups (broad SMARTS) is 1. The Morgan fingerprint density at radius 1 is 1.30 bits per heavy atom. The van der Waals surface area contributed by atoms with Crippen molar-refractivity contribution < 1.29 is 19.4 Å². The van der Waals surface area contributed by atoms with Crippen molar-refractivity contribution in [2.45, 2.75) is 31.9 Å². The minimum atomic E-state index is -0.749. The van der Waals surface area contributed by atoms with Crippen molar-refractivity contribution in [3.63, 3.8) is 0 Å². The fourth-order valence-corrected chi connectivity index (χ4v) is 4.22. The molecule has 0 radical (unpaired) electrons. The van der Waals surface area contributed by atoms with Gasteiger partial charge in [-0.3, -0.25) is 9.79 Å². The second-order valence-corrected chi connectivity index (χ2v) is 8.79. The molecule has 2 N–H and O–H groups in total. The summed E-state index contributed by atoms with van der Waals surface area (Å²) in [5, 5.41) is 12.9. The summed E-state index contributed by atoms with van der Waals surface area (Å²) in [7, 11) is 0. The van der Waals surface area contributed by atoms with Crippen LogP contribution in [-0.2, 0) is 9.53 Å². The Kier molecular flexibility index (Phi) is 6.32. The molecule has 158 valence electrons. The second-order valence-electron chi connectivity index (χ2n) is 7.47. The van der Waals surface area contributed by atoms with Crippen LogP contribution in [0.15, 0.2) is 45.9 Å². The highest BCUT2D eigenvalue weighted by Crippen LogP contribution is 2.37. The van der Waals surface area contributed by atoms with Crippen LogP contribution < -0.4 is 10.1 Å². The quantitative estimate of drug-likeness (QED) is 0.512. The van der Waals surface area contributed by atoms with E-state index in [0.717, 1.165) is 21.3 Å². The average molecular weight is 494 g/mol. The molecule has 0 amide bonds.